The zero-order chi connectivity index (χ0) is 15.0. The zero-order valence-electron chi connectivity index (χ0n) is 12.9. The minimum Gasteiger partial charge on any atom is -0.232 e. The lowest BCUT2D eigenvalue weighted by Gasteiger charge is -2.28. The van der Waals surface area contributed by atoms with Crippen LogP contribution in [0.2, 0.25) is 0 Å². The number of nitrogens with zero attached hydrogens (tertiary/aromatic N) is 2. The molecule has 0 unspecified atom stereocenters. The van der Waals surface area contributed by atoms with E-state index in [1.807, 2.05) is 6.07 Å². The van der Waals surface area contributed by atoms with Crippen LogP contribution in [-0.2, 0) is 5.41 Å². The monoisotopic (exact) mass is 344 g/mol. The Morgan fingerprint density at radius 1 is 1.10 bits per heavy atom. The molecule has 0 saturated heterocycles. The van der Waals surface area contributed by atoms with Gasteiger partial charge >= 0.3 is 0 Å². The summed E-state index contributed by atoms with van der Waals surface area (Å²) in [4.78, 5) is 9.38. The standard InChI is InChI=1S/C18H21BrN2/c1-18(2,3)17-20-15(11-16(19)21-17)14-10-5-4-9-13(14)12-7-6-8-12/h4-5,9-12H,6-8H2,1-3H3. The minimum absolute atomic E-state index is 0.0516. The van der Waals surface area contributed by atoms with Crippen LogP contribution in [0.5, 0.6) is 0 Å². The summed E-state index contributed by atoms with van der Waals surface area (Å²) in [6.45, 7) is 6.45. The molecule has 110 valence electrons. The second-order valence-electron chi connectivity index (χ2n) is 6.86. The van der Waals surface area contributed by atoms with Crippen LogP contribution in [0.25, 0.3) is 11.3 Å². The third kappa shape index (κ3) is 3.03. The van der Waals surface area contributed by atoms with Gasteiger partial charge in [0.2, 0.25) is 0 Å². The summed E-state index contributed by atoms with van der Waals surface area (Å²) >= 11 is 3.54. The largest absolute Gasteiger partial charge is 0.232 e. The molecule has 0 spiro atoms. The number of aromatic nitrogens is 2. The molecule has 1 aliphatic rings. The molecule has 1 aliphatic carbocycles. The Labute approximate surface area is 135 Å². The molecule has 0 amide bonds. The molecule has 1 saturated carbocycles. The number of hydrogen-bond acceptors (Lipinski definition) is 2. The average molecular weight is 345 g/mol. The third-order valence-corrected chi connectivity index (χ3v) is 4.55. The van der Waals surface area contributed by atoms with Crippen LogP contribution in [0.15, 0.2) is 34.9 Å². The summed E-state index contributed by atoms with van der Waals surface area (Å²) in [6, 6.07) is 10.7. The van der Waals surface area contributed by atoms with Crippen molar-refractivity contribution in [2.24, 2.45) is 0 Å². The van der Waals surface area contributed by atoms with E-state index < -0.39 is 0 Å². The predicted octanol–water partition coefficient (Wildman–Crippen LogP) is 5.47. The van der Waals surface area contributed by atoms with Gasteiger partial charge in [-0.05, 0) is 46.3 Å². The number of benzene rings is 1. The van der Waals surface area contributed by atoms with Crippen molar-refractivity contribution in [1.82, 2.24) is 9.97 Å². The smallest absolute Gasteiger partial charge is 0.135 e. The maximum Gasteiger partial charge on any atom is 0.135 e. The number of halogens is 1. The fourth-order valence-corrected chi connectivity index (χ4v) is 3.08. The molecule has 1 heterocycles. The van der Waals surface area contributed by atoms with Crippen LogP contribution < -0.4 is 0 Å². The van der Waals surface area contributed by atoms with Gasteiger partial charge in [-0.1, -0.05) is 51.5 Å². The Balaban J connectivity index is 2.10. The van der Waals surface area contributed by atoms with Crippen LogP contribution in [-0.4, -0.2) is 9.97 Å². The summed E-state index contributed by atoms with van der Waals surface area (Å²) in [5.41, 5.74) is 3.68. The van der Waals surface area contributed by atoms with Gasteiger partial charge in [0.1, 0.15) is 10.4 Å². The van der Waals surface area contributed by atoms with Gasteiger partial charge in [0.25, 0.3) is 0 Å². The van der Waals surface area contributed by atoms with E-state index in [-0.39, 0.29) is 5.41 Å². The van der Waals surface area contributed by atoms with E-state index in [0.717, 1.165) is 16.1 Å². The first-order chi connectivity index (χ1) is 9.95. The van der Waals surface area contributed by atoms with Crippen molar-refractivity contribution in [3.05, 3.63) is 46.3 Å². The van der Waals surface area contributed by atoms with E-state index in [0.29, 0.717) is 5.92 Å². The maximum absolute atomic E-state index is 4.84. The van der Waals surface area contributed by atoms with E-state index in [1.165, 1.54) is 30.4 Å². The minimum atomic E-state index is -0.0516. The first-order valence-corrected chi connectivity index (χ1v) is 8.39. The van der Waals surface area contributed by atoms with Crippen LogP contribution in [0.4, 0.5) is 0 Å². The van der Waals surface area contributed by atoms with Crippen molar-refractivity contribution < 1.29 is 0 Å². The van der Waals surface area contributed by atoms with Crippen molar-refractivity contribution in [3.8, 4) is 11.3 Å². The Kier molecular flexibility index (Phi) is 3.87. The molecule has 21 heavy (non-hydrogen) atoms. The van der Waals surface area contributed by atoms with Gasteiger partial charge in [0.05, 0.1) is 5.69 Å². The molecular weight excluding hydrogens is 324 g/mol. The van der Waals surface area contributed by atoms with Crippen molar-refractivity contribution in [2.45, 2.75) is 51.4 Å². The van der Waals surface area contributed by atoms with Gasteiger partial charge in [-0.3, -0.25) is 0 Å². The van der Waals surface area contributed by atoms with E-state index in [1.54, 1.807) is 0 Å². The summed E-state index contributed by atoms with van der Waals surface area (Å²) in [6.07, 6.45) is 3.95. The molecule has 0 aliphatic heterocycles. The zero-order valence-corrected chi connectivity index (χ0v) is 14.4. The van der Waals surface area contributed by atoms with E-state index in [9.17, 15) is 0 Å². The summed E-state index contributed by atoms with van der Waals surface area (Å²) < 4.78 is 0.862. The van der Waals surface area contributed by atoms with Gasteiger partial charge in [-0.2, -0.15) is 0 Å². The van der Waals surface area contributed by atoms with Gasteiger partial charge in [-0.15, -0.1) is 0 Å². The highest BCUT2D eigenvalue weighted by molar-refractivity contribution is 9.10. The third-order valence-electron chi connectivity index (χ3n) is 4.15. The lowest BCUT2D eigenvalue weighted by Crippen LogP contribution is -2.17. The first kappa shape index (κ1) is 14.7. The lowest BCUT2D eigenvalue weighted by atomic mass is 9.78. The van der Waals surface area contributed by atoms with Crippen LogP contribution >= 0.6 is 15.9 Å². The Morgan fingerprint density at radius 3 is 2.43 bits per heavy atom. The predicted molar refractivity (Wildman–Crippen MR) is 90.5 cm³/mol. The average Bonchev–Trinajstić information content (AvgIpc) is 2.35. The van der Waals surface area contributed by atoms with E-state index >= 15 is 0 Å². The molecule has 1 aromatic heterocycles. The van der Waals surface area contributed by atoms with Gasteiger partial charge < -0.3 is 0 Å². The number of rotatable bonds is 2. The van der Waals surface area contributed by atoms with Gasteiger partial charge in [-0.25, -0.2) is 9.97 Å². The highest BCUT2D eigenvalue weighted by Crippen LogP contribution is 2.41. The van der Waals surface area contributed by atoms with Crippen molar-refractivity contribution in [1.29, 1.82) is 0 Å². The molecule has 2 aromatic rings. The van der Waals surface area contributed by atoms with Crippen molar-refractivity contribution in [2.75, 3.05) is 0 Å². The molecule has 0 bridgehead atoms. The summed E-state index contributed by atoms with van der Waals surface area (Å²) in [5.74, 6) is 1.59. The molecule has 3 rings (SSSR count). The Hall–Kier alpha value is -1.22. The quantitative estimate of drug-likeness (QED) is 0.675. The van der Waals surface area contributed by atoms with Crippen LogP contribution in [0.1, 0.15) is 57.3 Å². The molecule has 0 radical (unpaired) electrons. The highest BCUT2D eigenvalue weighted by Gasteiger charge is 2.24. The molecule has 0 N–H and O–H groups in total. The van der Waals surface area contributed by atoms with Gasteiger partial charge in [0, 0.05) is 11.0 Å². The van der Waals surface area contributed by atoms with E-state index in [4.69, 9.17) is 4.98 Å². The molecule has 1 aromatic carbocycles. The Bertz CT molecular complexity index is 655. The second-order valence-corrected chi connectivity index (χ2v) is 7.68. The molecule has 1 fully saturated rings. The summed E-state index contributed by atoms with van der Waals surface area (Å²) in [7, 11) is 0. The fraction of sp³-hybridized carbons (Fsp3) is 0.444. The first-order valence-electron chi connectivity index (χ1n) is 7.59. The fourth-order valence-electron chi connectivity index (χ4n) is 2.70. The number of hydrogen-bond donors (Lipinski definition) is 0. The second kappa shape index (κ2) is 5.53. The summed E-state index contributed by atoms with van der Waals surface area (Å²) in [5, 5.41) is 0. The van der Waals surface area contributed by atoms with Crippen molar-refractivity contribution in [3.63, 3.8) is 0 Å². The highest BCUT2D eigenvalue weighted by atomic mass is 79.9. The van der Waals surface area contributed by atoms with E-state index in [2.05, 4.69) is 66.0 Å². The normalized spacial score (nSPS) is 15.8. The molecular formula is C18H21BrN2. The molecule has 2 nitrogen and oxygen atoms in total. The van der Waals surface area contributed by atoms with Crippen LogP contribution in [0, 0.1) is 0 Å². The van der Waals surface area contributed by atoms with Crippen molar-refractivity contribution >= 4 is 15.9 Å². The lowest BCUT2D eigenvalue weighted by molar-refractivity contribution is 0.420. The molecule has 3 heteroatoms. The van der Waals surface area contributed by atoms with Crippen LogP contribution in [0.3, 0.4) is 0 Å². The SMILES string of the molecule is CC(C)(C)c1nc(Br)cc(-c2ccccc2C2CCC2)n1. The molecule has 0 atom stereocenters. The topological polar surface area (TPSA) is 25.8 Å². The maximum atomic E-state index is 4.84. The van der Waals surface area contributed by atoms with Gasteiger partial charge in [0.15, 0.2) is 0 Å². The Morgan fingerprint density at radius 2 is 1.81 bits per heavy atom.